The van der Waals surface area contributed by atoms with Crippen molar-refractivity contribution in [1.29, 1.82) is 0 Å². The SMILES string of the molecule is CCCN(CCS(=O)(=O)c1nc2c(C(C)(C)C)sc(C(C)(C)C)c2s1)c1ccccc1. The number of thiophene rings is 1. The van der Waals surface area contributed by atoms with E-state index < -0.39 is 9.84 Å². The van der Waals surface area contributed by atoms with Gasteiger partial charge < -0.3 is 4.90 Å². The molecule has 0 N–H and O–H groups in total. The summed E-state index contributed by atoms with van der Waals surface area (Å²) in [4.78, 5) is 9.24. The zero-order chi connectivity index (χ0) is 23.0. The van der Waals surface area contributed by atoms with Gasteiger partial charge in [0.25, 0.3) is 0 Å². The average molecular weight is 479 g/mol. The van der Waals surface area contributed by atoms with Crippen LogP contribution in [0.4, 0.5) is 5.69 Å². The van der Waals surface area contributed by atoms with Gasteiger partial charge in [-0.05, 0) is 29.4 Å². The molecule has 4 nitrogen and oxygen atoms in total. The number of para-hydroxylation sites is 1. The van der Waals surface area contributed by atoms with Crippen molar-refractivity contribution in [2.75, 3.05) is 23.7 Å². The first-order valence-corrected chi connectivity index (χ1v) is 14.1. The summed E-state index contributed by atoms with van der Waals surface area (Å²) in [5, 5.41) is 0. The van der Waals surface area contributed by atoms with E-state index in [4.69, 9.17) is 4.98 Å². The number of nitrogens with zero attached hydrogens (tertiary/aromatic N) is 2. The third-order valence-corrected chi connectivity index (χ3v) is 10.5. The highest BCUT2D eigenvalue weighted by molar-refractivity contribution is 7.93. The lowest BCUT2D eigenvalue weighted by molar-refractivity contribution is 0.592. The van der Waals surface area contributed by atoms with Crippen molar-refractivity contribution in [3.8, 4) is 0 Å². The Balaban J connectivity index is 1.95. The van der Waals surface area contributed by atoms with E-state index in [1.54, 1.807) is 11.3 Å². The normalized spacial score (nSPS) is 13.1. The van der Waals surface area contributed by atoms with Crippen LogP contribution in [0, 0.1) is 0 Å². The van der Waals surface area contributed by atoms with Crippen LogP contribution < -0.4 is 4.90 Å². The topological polar surface area (TPSA) is 50.3 Å². The highest BCUT2D eigenvalue weighted by Gasteiger charge is 2.32. The van der Waals surface area contributed by atoms with Gasteiger partial charge in [0.2, 0.25) is 14.2 Å². The van der Waals surface area contributed by atoms with Gasteiger partial charge in [-0.15, -0.1) is 22.7 Å². The minimum Gasteiger partial charge on any atom is -0.371 e. The molecule has 2 heterocycles. The number of rotatable bonds is 7. The first kappa shape index (κ1) is 24.2. The van der Waals surface area contributed by atoms with Gasteiger partial charge >= 0.3 is 0 Å². The number of benzene rings is 1. The molecular formula is C24H34N2O2S3. The van der Waals surface area contributed by atoms with Crippen LogP contribution in [-0.4, -0.2) is 32.2 Å². The molecule has 2 aromatic heterocycles. The largest absolute Gasteiger partial charge is 0.371 e. The van der Waals surface area contributed by atoms with E-state index in [9.17, 15) is 8.42 Å². The first-order valence-electron chi connectivity index (χ1n) is 10.8. The van der Waals surface area contributed by atoms with Crippen LogP contribution in [-0.2, 0) is 20.7 Å². The predicted octanol–water partition coefficient (Wildman–Crippen LogP) is 6.64. The molecule has 7 heteroatoms. The second-order valence-corrected chi connectivity index (χ2v) is 14.4. The monoisotopic (exact) mass is 478 g/mol. The van der Waals surface area contributed by atoms with E-state index in [-0.39, 0.29) is 20.9 Å². The summed E-state index contributed by atoms with van der Waals surface area (Å²) in [5.41, 5.74) is 1.81. The van der Waals surface area contributed by atoms with Crippen LogP contribution in [0.5, 0.6) is 0 Å². The summed E-state index contributed by atoms with van der Waals surface area (Å²) < 4.78 is 27.9. The molecule has 0 saturated heterocycles. The fraction of sp³-hybridized carbons (Fsp3) is 0.542. The fourth-order valence-corrected chi connectivity index (χ4v) is 7.93. The van der Waals surface area contributed by atoms with Crippen molar-refractivity contribution in [1.82, 2.24) is 4.98 Å². The maximum atomic E-state index is 13.3. The van der Waals surface area contributed by atoms with Gasteiger partial charge in [0, 0.05) is 28.5 Å². The molecule has 0 saturated carbocycles. The number of hydrogen-bond acceptors (Lipinski definition) is 6. The van der Waals surface area contributed by atoms with Crippen molar-refractivity contribution < 1.29 is 8.42 Å². The first-order chi connectivity index (χ1) is 14.3. The van der Waals surface area contributed by atoms with Crippen LogP contribution in [0.1, 0.15) is 64.6 Å². The van der Waals surface area contributed by atoms with Crippen LogP contribution in [0.25, 0.3) is 10.2 Å². The van der Waals surface area contributed by atoms with E-state index in [0.29, 0.717) is 6.54 Å². The van der Waals surface area contributed by atoms with Gasteiger partial charge in [-0.3, -0.25) is 0 Å². The Bertz CT molecular complexity index is 1080. The summed E-state index contributed by atoms with van der Waals surface area (Å²) in [7, 11) is -3.47. The third kappa shape index (κ3) is 5.32. The van der Waals surface area contributed by atoms with E-state index >= 15 is 0 Å². The molecule has 0 bridgehead atoms. The summed E-state index contributed by atoms with van der Waals surface area (Å²) in [6.07, 6.45) is 0.964. The molecule has 0 aliphatic heterocycles. The Morgan fingerprint density at radius 3 is 2.06 bits per heavy atom. The van der Waals surface area contributed by atoms with Gasteiger partial charge in [-0.1, -0.05) is 66.7 Å². The van der Waals surface area contributed by atoms with Crippen molar-refractivity contribution in [3.05, 3.63) is 40.1 Å². The maximum absolute atomic E-state index is 13.3. The maximum Gasteiger partial charge on any atom is 0.210 e. The quantitative estimate of drug-likeness (QED) is 0.382. The molecule has 31 heavy (non-hydrogen) atoms. The van der Waals surface area contributed by atoms with Crippen molar-refractivity contribution in [2.45, 2.75) is 70.1 Å². The Labute approximate surface area is 195 Å². The Kier molecular flexibility index (Phi) is 6.90. The summed E-state index contributed by atoms with van der Waals surface area (Å²) in [6, 6.07) is 10.0. The summed E-state index contributed by atoms with van der Waals surface area (Å²) >= 11 is 3.13. The molecular weight excluding hydrogens is 444 g/mol. The molecule has 0 aliphatic rings. The second-order valence-electron chi connectivity index (χ2n) is 10.1. The van der Waals surface area contributed by atoms with Crippen LogP contribution in [0.3, 0.4) is 0 Å². The average Bonchev–Trinajstić information content (AvgIpc) is 3.24. The van der Waals surface area contributed by atoms with Gasteiger partial charge in [0.05, 0.1) is 16.0 Å². The Morgan fingerprint density at radius 2 is 1.52 bits per heavy atom. The molecule has 1 aromatic carbocycles. The van der Waals surface area contributed by atoms with Gasteiger partial charge in [-0.25, -0.2) is 13.4 Å². The number of anilines is 1. The zero-order valence-corrected chi connectivity index (χ0v) is 22.1. The van der Waals surface area contributed by atoms with Gasteiger partial charge in [0.15, 0.2) is 0 Å². The van der Waals surface area contributed by atoms with Gasteiger partial charge in [-0.2, -0.15) is 0 Å². The number of aromatic nitrogens is 1. The second kappa shape index (κ2) is 8.83. The summed E-state index contributed by atoms with van der Waals surface area (Å²) in [6.45, 7) is 16.5. The zero-order valence-electron chi connectivity index (χ0n) is 19.7. The number of sulfone groups is 1. The third-order valence-electron chi connectivity index (χ3n) is 5.11. The minimum atomic E-state index is -3.47. The Hall–Kier alpha value is -1.44. The van der Waals surface area contributed by atoms with Crippen LogP contribution in [0.2, 0.25) is 0 Å². The smallest absolute Gasteiger partial charge is 0.210 e. The molecule has 0 fully saturated rings. The highest BCUT2D eigenvalue weighted by Crippen LogP contribution is 2.46. The van der Waals surface area contributed by atoms with E-state index in [1.165, 1.54) is 21.1 Å². The number of fused-ring (bicyclic) bond motifs is 1. The standard InChI is InChI=1S/C24H34N2O2S3/c1-8-14-26(17-12-10-9-11-13-17)15-16-31(27,28)22-25-18-19(29-22)21(24(5,6)7)30-20(18)23(2,3)4/h9-13H,8,14-16H2,1-7H3. The molecule has 3 aromatic rings. The molecule has 3 rings (SSSR count). The molecule has 0 spiro atoms. The summed E-state index contributed by atoms with van der Waals surface area (Å²) in [5.74, 6) is 0.0666. The lowest BCUT2D eigenvalue weighted by Crippen LogP contribution is -2.30. The van der Waals surface area contributed by atoms with E-state index in [1.807, 2.05) is 30.3 Å². The lowest BCUT2D eigenvalue weighted by atomic mass is 9.92. The van der Waals surface area contributed by atoms with Crippen LogP contribution in [0.15, 0.2) is 34.7 Å². The predicted molar refractivity (Wildman–Crippen MR) is 136 cm³/mol. The molecule has 170 valence electrons. The van der Waals surface area contributed by atoms with Crippen molar-refractivity contribution in [2.24, 2.45) is 0 Å². The van der Waals surface area contributed by atoms with E-state index in [2.05, 4.69) is 53.4 Å². The minimum absolute atomic E-state index is 0.0504. The van der Waals surface area contributed by atoms with Crippen molar-refractivity contribution >= 4 is 48.4 Å². The molecule has 0 unspecified atom stereocenters. The lowest BCUT2D eigenvalue weighted by Gasteiger charge is -2.24. The number of thiazole rings is 1. The molecule has 0 atom stereocenters. The molecule has 0 aliphatic carbocycles. The molecule has 0 radical (unpaired) electrons. The number of hydrogen-bond donors (Lipinski definition) is 0. The Morgan fingerprint density at radius 1 is 0.903 bits per heavy atom. The van der Waals surface area contributed by atoms with Crippen molar-refractivity contribution in [3.63, 3.8) is 0 Å². The highest BCUT2D eigenvalue weighted by atomic mass is 32.2. The van der Waals surface area contributed by atoms with E-state index in [0.717, 1.165) is 28.9 Å². The fourth-order valence-electron chi connectivity index (χ4n) is 3.54. The van der Waals surface area contributed by atoms with Crippen LogP contribution >= 0.6 is 22.7 Å². The molecule has 0 amide bonds. The van der Waals surface area contributed by atoms with Gasteiger partial charge in [0.1, 0.15) is 0 Å².